The van der Waals surface area contributed by atoms with Crippen LogP contribution in [0.3, 0.4) is 0 Å². The van der Waals surface area contributed by atoms with Gasteiger partial charge in [-0.2, -0.15) is 0 Å². The number of rotatable bonds is 4. The molecule has 0 aromatic heterocycles. The lowest BCUT2D eigenvalue weighted by Crippen LogP contribution is -2.26. The summed E-state index contributed by atoms with van der Waals surface area (Å²) >= 11 is 0. The largest absolute Gasteiger partial charge is 0.368 e. The van der Waals surface area contributed by atoms with Gasteiger partial charge in [-0.15, -0.1) is 6.58 Å². The average molecular weight is 203 g/mol. The van der Waals surface area contributed by atoms with Crippen molar-refractivity contribution >= 4 is 0 Å². The zero-order valence-electron chi connectivity index (χ0n) is 9.73. The molecule has 1 unspecified atom stereocenters. The molecule has 0 aliphatic rings. The van der Waals surface area contributed by atoms with Crippen molar-refractivity contribution in [3.63, 3.8) is 0 Å². The molecule has 0 heterocycles. The molecule has 0 saturated carbocycles. The summed E-state index contributed by atoms with van der Waals surface area (Å²) in [5, 5.41) is 0. The van der Waals surface area contributed by atoms with E-state index in [0.29, 0.717) is 0 Å². The van der Waals surface area contributed by atoms with Gasteiger partial charge >= 0.3 is 0 Å². The molecule has 81 valence electrons. The van der Waals surface area contributed by atoms with Gasteiger partial charge < -0.3 is 4.74 Å². The second-order valence-corrected chi connectivity index (χ2v) is 4.51. The van der Waals surface area contributed by atoms with Crippen molar-refractivity contribution in [3.8, 4) is 0 Å². The van der Waals surface area contributed by atoms with Crippen LogP contribution in [-0.2, 0) is 4.74 Å². The summed E-state index contributed by atoms with van der Waals surface area (Å²) in [6.07, 6.45) is 3.85. The van der Waals surface area contributed by atoms with Crippen LogP contribution in [0.25, 0.3) is 0 Å². The highest BCUT2D eigenvalue weighted by atomic mass is 16.5. The molecule has 0 amide bonds. The van der Waals surface area contributed by atoms with E-state index in [0.717, 1.165) is 5.56 Å². The normalized spacial score (nSPS) is 13.5. The molecule has 1 rings (SSSR count). The third kappa shape index (κ3) is 4.80. The molecule has 0 saturated heterocycles. The molecule has 0 aliphatic carbocycles. The molecule has 1 heteroatoms. The molecule has 0 N–H and O–H groups in total. The first-order valence-corrected chi connectivity index (χ1v) is 5.21. The van der Waals surface area contributed by atoms with Gasteiger partial charge in [0.15, 0.2) is 0 Å². The van der Waals surface area contributed by atoms with Gasteiger partial charge in [-0.3, -0.25) is 0 Å². The van der Waals surface area contributed by atoms with E-state index in [1.807, 2.05) is 45.0 Å². The molecule has 15 heavy (non-hydrogen) atoms. The Hall–Kier alpha value is -1.08. The first-order valence-electron chi connectivity index (χ1n) is 5.21. The maximum atomic E-state index is 5.82. The second kappa shape index (κ2) is 5.13. The van der Waals surface area contributed by atoms with Crippen LogP contribution >= 0.6 is 0 Å². The van der Waals surface area contributed by atoms with E-state index in [4.69, 9.17) is 4.74 Å². The molecule has 1 aromatic rings. The summed E-state index contributed by atoms with van der Waals surface area (Å²) in [6.45, 7) is 9.92. The number of hydrogen-bond acceptors (Lipinski definition) is 1. The Morgan fingerprint density at radius 3 is 2.27 bits per heavy atom. The van der Waals surface area contributed by atoms with Gasteiger partial charge in [0.2, 0.25) is 0 Å². The van der Waals surface area contributed by atoms with E-state index < -0.39 is 0 Å². The zero-order chi connectivity index (χ0) is 11.3. The number of hydrogen-bond donors (Lipinski definition) is 0. The third-order valence-electron chi connectivity index (χ3n) is 1.88. The van der Waals surface area contributed by atoms with E-state index in [1.165, 1.54) is 0 Å². The molecule has 0 fully saturated rings. The molecule has 1 radical (unpaired) electrons. The predicted octanol–water partition coefficient (Wildman–Crippen LogP) is 3.61. The van der Waals surface area contributed by atoms with Gasteiger partial charge in [0.05, 0.1) is 11.7 Å². The Kier molecular flexibility index (Phi) is 4.10. The standard InChI is InChI=1S/C14H19O/c1-5-13(15-14(2,3)4)11-12-9-7-6-8-10-12/h5-11,13H,1H2,2-4H3. The minimum Gasteiger partial charge on any atom is -0.368 e. The van der Waals surface area contributed by atoms with Crippen LogP contribution in [0.4, 0.5) is 0 Å². The quantitative estimate of drug-likeness (QED) is 0.679. The van der Waals surface area contributed by atoms with Crippen LogP contribution in [0.2, 0.25) is 0 Å². The van der Waals surface area contributed by atoms with Gasteiger partial charge in [-0.05, 0) is 26.3 Å². The molecule has 0 bridgehead atoms. The fraction of sp³-hybridized carbons (Fsp3) is 0.357. The molecule has 0 spiro atoms. The van der Waals surface area contributed by atoms with E-state index in [9.17, 15) is 0 Å². The monoisotopic (exact) mass is 203 g/mol. The maximum absolute atomic E-state index is 5.82. The van der Waals surface area contributed by atoms with Crippen molar-refractivity contribution in [1.82, 2.24) is 0 Å². The molecule has 0 aliphatic heterocycles. The van der Waals surface area contributed by atoms with Crippen LogP contribution in [0.1, 0.15) is 26.3 Å². The fourth-order valence-electron chi connectivity index (χ4n) is 1.31. The number of benzene rings is 1. The first-order chi connectivity index (χ1) is 7.01. The lowest BCUT2D eigenvalue weighted by molar-refractivity contribution is -0.0229. The summed E-state index contributed by atoms with van der Waals surface area (Å²) in [5.74, 6) is 0. The van der Waals surface area contributed by atoms with Crippen molar-refractivity contribution in [2.24, 2.45) is 0 Å². The average Bonchev–Trinajstić information content (AvgIpc) is 2.16. The van der Waals surface area contributed by atoms with Gasteiger partial charge in [0.1, 0.15) is 0 Å². The predicted molar refractivity (Wildman–Crippen MR) is 64.7 cm³/mol. The minimum atomic E-state index is -0.149. The molecule has 1 atom stereocenters. The van der Waals surface area contributed by atoms with E-state index in [2.05, 4.69) is 25.1 Å². The van der Waals surface area contributed by atoms with Crippen LogP contribution < -0.4 is 0 Å². The second-order valence-electron chi connectivity index (χ2n) is 4.51. The summed E-state index contributed by atoms with van der Waals surface area (Å²) in [6, 6.07) is 10.2. The van der Waals surface area contributed by atoms with Crippen LogP contribution in [0, 0.1) is 6.42 Å². The Balaban J connectivity index is 2.59. The van der Waals surface area contributed by atoms with E-state index >= 15 is 0 Å². The minimum absolute atomic E-state index is 0.0348. The highest BCUT2D eigenvalue weighted by molar-refractivity contribution is 5.25. The van der Waals surface area contributed by atoms with Crippen molar-refractivity contribution in [2.45, 2.75) is 32.5 Å². The Bertz CT molecular complexity index is 295. The van der Waals surface area contributed by atoms with Gasteiger partial charge in [0, 0.05) is 6.42 Å². The smallest absolute Gasteiger partial charge is 0.0835 e. The molecule has 1 aromatic carbocycles. The lowest BCUT2D eigenvalue weighted by atomic mass is 10.1. The lowest BCUT2D eigenvalue weighted by Gasteiger charge is -2.25. The van der Waals surface area contributed by atoms with Crippen molar-refractivity contribution in [2.75, 3.05) is 0 Å². The Labute approximate surface area is 92.8 Å². The van der Waals surface area contributed by atoms with Gasteiger partial charge in [-0.25, -0.2) is 0 Å². The van der Waals surface area contributed by atoms with Gasteiger partial charge in [0.25, 0.3) is 0 Å². The van der Waals surface area contributed by atoms with Gasteiger partial charge in [-0.1, -0.05) is 36.4 Å². The number of ether oxygens (including phenoxy) is 1. The maximum Gasteiger partial charge on any atom is 0.0835 e. The van der Waals surface area contributed by atoms with E-state index in [1.54, 1.807) is 0 Å². The highest BCUT2D eigenvalue weighted by Crippen LogP contribution is 2.16. The zero-order valence-corrected chi connectivity index (χ0v) is 9.73. The summed E-state index contributed by atoms with van der Waals surface area (Å²) in [7, 11) is 0. The first kappa shape index (κ1) is 12.0. The van der Waals surface area contributed by atoms with Crippen molar-refractivity contribution in [1.29, 1.82) is 0 Å². The van der Waals surface area contributed by atoms with Crippen LogP contribution in [-0.4, -0.2) is 11.7 Å². The molecular formula is C14H19O. The van der Waals surface area contributed by atoms with Crippen molar-refractivity contribution in [3.05, 3.63) is 55.0 Å². The molecular weight excluding hydrogens is 184 g/mol. The van der Waals surface area contributed by atoms with Crippen LogP contribution in [0.5, 0.6) is 0 Å². The Morgan fingerprint density at radius 1 is 1.20 bits per heavy atom. The topological polar surface area (TPSA) is 9.23 Å². The third-order valence-corrected chi connectivity index (χ3v) is 1.88. The van der Waals surface area contributed by atoms with Crippen LogP contribution in [0.15, 0.2) is 43.0 Å². The summed E-state index contributed by atoms with van der Waals surface area (Å²) < 4.78 is 5.82. The summed E-state index contributed by atoms with van der Waals surface area (Å²) in [5.41, 5.74) is 1.01. The SMILES string of the molecule is C=CC([CH]c1ccccc1)OC(C)(C)C. The molecule has 1 nitrogen and oxygen atoms in total. The Morgan fingerprint density at radius 2 is 1.80 bits per heavy atom. The highest BCUT2D eigenvalue weighted by Gasteiger charge is 2.16. The van der Waals surface area contributed by atoms with E-state index in [-0.39, 0.29) is 11.7 Å². The summed E-state index contributed by atoms with van der Waals surface area (Å²) in [4.78, 5) is 0. The van der Waals surface area contributed by atoms with Crippen molar-refractivity contribution < 1.29 is 4.74 Å². The fourth-order valence-corrected chi connectivity index (χ4v) is 1.31.